The van der Waals surface area contributed by atoms with E-state index in [4.69, 9.17) is 9.47 Å². The van der Waals surface area contributed by atoms with Crippen molar-refractivity contribution >= 4 is 28.4 Å². The SMILES string of the molecule is COc1cc(/C=C(\C#N)C(=O)Nc2ccc3ccccc3c2)cc(OC)c1O. The quantitative estimate of drug-likeness (QED) is 0.518. The lowest BCUT2D eigenvalue weighted by atomic mass is 10.1. The molecule has 0 fully saturated rings. The summed E-state index contributed by atoms with van der Waals surface area (Å²) in [5.74, 6) is -0.333. The van der Waals surface area contributed by atoms with Gasteiger partial charge in [0.25, 0.3) is 5.91 Å². The third-order valence-electron chi connectivity index (χ3n) is 4.19. The highest BCUT2D eigenvalue weighted by Crippen LogP contribution is 2.37. The Morgan fingerprint density at radius 2 is 1.68 bits per heavy atom. The maximum Gasteiger partial charge on any atom is 0.266 e. The number of nitriles is 1. The van der Waals surface area contributed by atoms with Gasteiger partial charge in [-0.1, -0.05) is 30.3 Å². The summed E-state index contributed by atoms with van der Waals surface area (Å²) in [6.07, 6.45) is 1.40. The molecule has 0 unspecified atom stereocenters. The van der Waals surface area contributed by atoms with Gasteiger partial charge in [-0.05, 0) is 46.7 Å². The van der Waals surface area contributed by atoms with E-state index in [1.807, 2.05) is 42.5 Å². The number of carbonyl (C=O) groups excluding carboxylic acids is 1. The van der Waals surface area contributed by atoms with Crippen molar-refractivity contribution in [3.63, 3.8) is 0 Å². The predicted molar refractivity (Wildman–Crippen MR) is 107 cm³/mol. The summed E-state index contributed by atoms with van der Waals surface area (Å²) >= 11 is 0. The summed E-state index contributed by atoms with van der Waals surface area (Å²) in [6.45, 7) is 0. The summed E-state index contributed by atoms with van der Waals surface area (Å²) < 4.78 is 10.2. The number of methoxy groups -OCH3 is 2. The summed E-state index contributed by atoms with van der Waals surface area (Å²) in [6, 6.07) is 18.2. The average molecular weight is 374 g/mol. The zero-order valence-corrected chi connectivity index (χ0v) is 15.4. The number of fused-ring (bicyclic) bond motifs is 1. The van der Waals surface area contributed by atoms with E-state index in [2.05, 4.69) is 5.32 Å². The Labute approximate surface area is 162 Å². The molecule has 6 nitrogen and oxygen atoms in total. The third-order valence-corrected chi connectivity index (χ3v) is 4.19. The highest BCUT2D eigenvalue weighted by Gasteiger charge is 2.14. The zero-order chi connectivity index (χ0) is 20.1. The van der Waals surface area contributed by atoms with Crippen LogP contribution in [-0.4, -0.2) is 25.2 Å². The minimum Gasteiger partial charge on any atom is -0.502 e. The lowest BCUT2D eigenvalue weighted by molar-refractivity contribution is -0.112. The van der Waals surface area contributed by atoms with Gasteiger partial charge in [-0.2, -0.15) is 5.26 Å². The molecule has 3 aromatic carbocycles. The highest BCUT2D eigenvalue weighted by molar-refractivity contribution is 6.10. The van der Waals surface area contributed by atoms with Crippen LogP contribution in [0.15, 0.2) is 60.2 Å². The van der Waals surface area contributed by atoms with E-state index >= 15 is 0 Å². The molecule has 0 atom stereocenters. The molecule has 0 saturated carbocycles. The molecule has 3 rings (SSSR count). The first kappa shape index (κ1) is 18.8. The lowest BCUT2D eigenvalue weighted by Gasteiger charge is -2.10. The van der Waals surface area contributed by atoms with Crippen LogP contribution in [0, 0.1) is 11.3 Å². The third kappa shape index (κ3) is 3.89. The molecule has 0 heterocycles. The summed E-state index contributed by atoms with van der Waals surface area (Å²) in [5, 5.41) is 24.2. The molecule has 0 aliphatic carbocycles. The van der Waals surface area contributed by atoms with Crippen LogP contribution in [0.3, 0.4) is 0 Å². The molecular weight excluding hydrogens is 356 g/mol. The van der Waals surface area contributed by atoms with E-state index in [1.165, 1.54) is 32.4 Å². The van der Waals surface area contributed by atoms with E-state index in [0.29, 0.717) is 11.3 Å². The summed E-state index contributed by atoms with van der Waals surface area (Å²) in [5.41, 5.74) is 0.977. The second kappa shape index (κ2) is 8.14. The van der Waals surface area contributed by atoms with Gasteiger partial charge in [-0.3, -0.25) is 4.79 Å². The number of ether oxygens (including phenoxy) is 2. The minimum absolute atomic E-state index is 0.0945. The largest absolute Gasteiger partial charge is 0.502 e. The van der Waals surface area contributed by atoms with E-state index in [0.717, 1.165) is 10.8 Å². The van der Waals surface area contributed by atoms with Crippen molar-refractivity contribution in [2.45, 2.75) is 0 Å². The van der Waals surface area contributed by atoms with E-state index in [-0.39, 0.29) is 22.8 Å². The van der Waals surface area contributed by atoms with Gasteiger partial charge in [0.15, 0.2) is 11.5 Å². The Morgan fingerprint density at radius 1 is 1.04 bits per heavy atom. The van der Waals surface area contributed by atoms with Crippen LogP contribution in [0.2, 0.25) is 0 Å². The fourth-order valence-electron chi connectivity index (χ4n) is 2.78. The highest BCUT2D eigenvalue weighted by atomic mass is 16.5. The molecule has 3 aromatic rings. The number of rotatable bonds is 5. The van der Waals surface area contributed by atoms with Crippen molar-refractivity contribution in [2.75, 3.05) is 19.5 Å². The molecule has 140 valence electrons. The number of carbonyl (C=O) groups is 1. The Balaban J connectivity index is 1.89. The molecule has 0 aromatic heterocycles. The van der Waals surface area contributed by atoms with Crippen molar-refractivity contribution in [2.24, 2.45) is 0 Å². The molecular formula is C22H18N2O4. The second-order valence-electron chi connectivity index (χ2n) is 5.96. The maximum absolute atomic E-state index is 12.5. The molecule has 0 spiro atoms. The van der Waals surface area contributed by atoms with E-state index in [1.54, 1.807) is 6.07 Å². The van der Waals surface area contributed by atoms with Crippen molar-refractivity contribution in [3.8, 4) is 23.3 Å². The number of phenols is 1. The normalized spacial score (nSPS) is 11.0. The number of benzene rings is 3. The van der Waals surface area contributed by atoms with Gasteiger partial charge in [-0.15, -0.1) is 0 Å². The Hall–Kier alpha value is -3.98. The number of nitrogens with zero attached hydrogens (tertiary/aromatic N) is 1. The number of amides is 1. The fourth-order valence-corrected chi connectivity index (χ4v) is 2.78. The van der Waals surface area contributed by atoms with Gasteiger partial charge in [0.05, 0.1) is 14.2 Å². The molecule has 0 bridgehead atoms. The number of hydrogen-bond donors (Lipinski definition) is 2. The van der Waals surface area contributed by atoms with Crippen molar-refractivity contribution < 1.29 is 19.4 Å². The smallest absolute Gasteiger partial charge is 0.266 e. The Kier molecular flexibility index (Phi) is 5.47. The molecule has 2 N–H and O–H groups in total. The van der Waals surface area contributed by atoms with Gasteiger partial charge >= 0.3 is 0 Å². The van der Waals surface area contributed by atoms with Crippen LogP contribution in [0.25, 0.3) is 16.8 Å². The topological polar surface area (TPSA) is 91.6 Å². The molecule has 0 saturated heterocycles. The van der Waals surface area contributed by atoms with Gasteiger partial charge in [-0.25, -0.2) is 0 Å². The molecule has 0 aliphatic rings. The van der Waals surface area contributed by atoms with Crippen LogP contribution in [0.4, 0.5) is 5.69 Å². The molecule has 28 heavy (non-hydrogen) atoms. The molecule has 1 amide bonds. The molecule has 0 radical (unpaired) electrons. The number of anilines is 1. The Morgan fingerprint density at radius 3 is 2.29 bits per heavy atom. The number of nitrogens with one attached hydrogen (secondary N) is 1. The van der Waals surface area contributed by atoms with Crippen molar-refractivity contribution in [3.05, 3.63) is 65.7 Å². The summed E-state index contributed by atoms with van der Waals surface area (Å²) in [4.78, 5) is 12.5. The van der Waals surface area contributed by atoms with Crippen molar-refractivity contribution in [1.82, 2.24) is 0 Å². The van der Waals surface area contributed by atoms with Crippen LogP contribution >= 0.6 is 0 Å². The lowest BCUT2D eigenvalue weighted by Crippen LogP contribution is -2.13. The fraction of sp³-hybridized carbons (Fsp3) is 0.0909. The number of phenolic OH excluding ortho intramolecular Hbond substituents is 1. The van der Waals surface area contributed by atoms with Crippen LogP contribution in [0.1, 0.15) is 5.56 Å². The zero-order valence-electron chi connectivity index (χ0n) is 15.4. The van der Waals surface area contributed by atoms with Gasteiger partial charge in [0.2, 0.25) is 5.75 Å². The number of hydrogen-bond acceptors (Lipinski definition) is 5. The van der Waals surface area contributed by atoms with Gasteiger partial charge in [0, 0.05) is 5.69 Å². The first-order chi connectivity index (χ1) is 13.5. The van der Waals surface area contributed by atoms with Gasteiger partial charge in [0.1, 0.15) is 11.6 Å². The predicted octanol–water partition coefficient (Wildman–Crippen LogP) is 4.11. The maximum atomic E-state index is 12.5. The van der Waals surface area contributed by atoms with Crippen LogP contribution in [0.5, 0.6) is 17.2 Å². The molecule has 6 heteroatoms. The van der Waals surface area contributed by atoms with Crippen molar-refractivity contribution in [1.29, 1.82) is 5.26 Å². The first-order valence-corrected chi connectivity index (χ1v) is 8.42. The van der Waals surface area contributed by atoms with Crippen LogP contribution < -0.4 is 14.8 Å². The van der Waals surface area contributed by atoms with Crippen LogP contribution in [-0.2, 0) is 4.79 Å². The molecule has 0 aliphatic heterocycles. The Bertz CT molecular complexity index is 1090. The second-order valence-corrected chi connectivity index (χ2v) is 5.96. The average Bonchev–Trinajstić information content (AvgIpc) is 2.72. The van der Waals surface area contributed by atoms with E-state index < -0.39 is 5.91 Å². The first-order valence-electron chi connectivity index (χ1n) is 8.42. The monoisotopic (exact) mass is 374 g/mol. The standard InChI is InChI=1S/C22H18N2O4/c1-27-19-10-14(11-20(28-2)21(19)25)9-17(13-23)22(26)24-18-8-7-15-5-3-4-6-16(15)12-18/h3-12,25H,1-2H3,(H,24,26)/b17-9+. The minimum atomic E-state index is -0.538. The van der Waals surface area contributed by atoms with Gasteiger partial charge < -0.3 is 19.9 Å². The number of aromatic hydroxyl groups is 1. The summed E-state index contributed by atoms with van der Waals surface area (Å²) in [7, 11) is 2.80. The van der Waals surface area contributed by atoms with E-state index in [9.17, 15) is 15.2 Å².